The van der Waals surface area contributed by atoms with E-state index in [1.165, 1.54) is 18.6 Å². The fourth-order valence-electron chi connectivity index (χ4n) is 2.41. The van der Waals surface area contributed by atoms with Gasteiger partial charge >= 0.3 is 0 Å². The first-order chi connectivity index (χ1) is 10.1. The van der Waals surface area contributed by atoms with Crippen LogP contribution < -0.4 is 4.74 Å². The summed E-state index contributed by atoms with van der Waals surface area (Å²) in [6, 6.07) is 8.13. The summed E-state index contributed by atoms with van der Waals surface area (Å²) in [7, 11) is -3.26. The highest BCUT2D eigenvalue weighted by molar-refractivity contribution is 7.91. The summed E-state index contributed by atoms with van der Waals surface area (Å²) in [5.74, 6) is 0.650. The predicted molar refractivity (Wildman–Crippen MR) is 79.9 cm³/mol. The lowest BCUT2D eigenvalue weighted by Gasteiger charge is -2.26. The van der Waals surface area contributed by atoms with E-state index >= 15 is 0 Å². The van der Waals surface area contributed by atoms with Crippen LogP contribution in [0, 0.1) is 11.3 Å². The zero-order chi connectivity index (χ0) is 15.1. The summed E-state index contributed by atoms with van der Waals surface area (Å²) in [4.78, 5) is 2.52. The predicted octanol–water partition coefficient (Wildman–Crippen LogP) is 1.85. The minimum absolute atomic E-state index is 0.0406. The van der Waals surface area contributed by atoms with Gasteiger partial charge in [0.25, 0.3) is 0 Å². The lowest BCUT2D eigenvalue weighted by molar-refractivity contribution is 0.241. The standard InChI is InChI=1S/C15H20N2O3S/c16-8-12-20-14-4-6-15(7-5-14)21(18,19)13-11-17-9-2-1-3-10-17/h4-7H,1-3,9-13H2. The van der Waals surface area contributed by atoms with Crippen molar-refractivity contribution in [3.8, 4) is 11.8 Å². The largest absolute Gasteiger partial charge is 0.479 e. The van der Waals surface area contributed by atoms with Crippen LogP contribution in [0.5, 0.6) is 5.75 Å². The number of benzene rings is 1. The quantitative estimate of drug-likeness (QED) is 0.802. The Morgan fingerprint density at radius 1 is 1.14 bits per heavy atom. The molecular weight excluding hydrogens is 288 g/mol. The number of piperidine rings is 1. The molecule has 1 aliphatic heterocycles. The van der Waals surface area contributed by atoms with Crippen molar-refractivity contribution >= 4 is 9.84 Å². The SMILES string of the molecule is N#CCOc1ccc(S(=O)(=O)CCN2CCCCC2)cc1. The van der Waals surface area contributed by atoms with Crippen LogP contribution in [0.25, 0.3) is 0 Å². The molecule has 0 radical (unpaired) electrons. The van der Waals surface area contributed by atoms with E-state index in [-0.39, 0.29) is 12.4 Å². The van der Waals surface area contributed by atoms with Gasteiger partial charge in [0.05, 0.1) is 10.6 Å². The van der Waals surface area contributed by atoms with Gasteiger partial charge in [0.15, 0.2) is 16.4 Å². The number of sulfone groups is 1. The molecule has 1 aromatic carbocycles. The van der Waals surface area contributed by atoms with Crippen molar-refractivity contribution in [2.24, 2.45) is 0 Å². The molecule has 0 aromatic heterocycles. The van der Waals surface area contributed by atoms with Crippen molar-refractivity contribution < 1.29 is 13.2 Å². The number of likely N-dealkylation sites (tertiary alicyclic amines) is 1. The number of hydrogen-bond acceptors (Lipinski definition) is 5. The smallest absolute Gasteiger partial charge is 0.179 e. The van der Waals surface area contributed by atoms with Crippen LogP contribution in [0.15, 0.2) is 29.2 Å². The van der Waals surface area contributed by atoms with Crippen LogP contribution >= 0.6 is 0 Å². The van der Waals surface area contributed by atoms with Gasteiger partial charge in [0.2, 0.25) is 0 Å². The number of hydrogen-bond donors (Lipinski definition) is 0. The molecule has 1 saturated heterocycles. The molecule has 6 heteroatoms. The van der Waals surface area contributed by atoms with Gasteiger partial charge in [-0.1, -0.05) is 6.42 Å². The van der Waals surface area contributed by atoms with Gasteiger partial charge in [-0.2, -0.15) is 5.26 Å². The second kappa shape index (κ2) is 7.43. The molecule has 1 aliphatic rings. The van der Waals surface area contributed by atoms with E-state index in [2.05, 4.69) is 4.90 Å². The molecule has 1 fully saturated rings. The lowest BCUT2D eigenvalue weighted by Crippen LogP contribution is -2.33. The van der Waals surface area contributed by atoms with E-state index in [0.29, 0.717) is 17.2 Å². The zero-order valence-electron chi connectivity index (χ0n) is 12.0. The number of ether oxygens (including phenoxy) is 1. The number of nitriles is 1. The van der Waals surface area contributed by atoms with Gasteiger partial charge in [0.1, 0.15) is 11.8 Å². The van der Waals surface area contributed by atoms with E-state index in [1.807, 2.05) is 6.07 Å². The molecule has 0 atom stereocenters. The van der Waals surface area contributed by atoms with E-state index in [0.717, 1.165) is 25.9 Å². The van der Waals surface area contributed by atoms with Crippen molar-refractivity contribution in [2.75, 3.05) is 32.0 Å². The Balaban J connectivity index is 1.93. The Kier molecular flexibility index (Phi) is 5.59. The normalized spacial score (nSPS) is 16.3. The molecule has 0 aliphatic carbocycles. The fourth-order valence-corrected chi connectivity index (χ4v) is 3.69. The molecule has 0 unspecified atom stereocenters. The Labute approximate surface area is 126 Å². The number of rotatable bonds is 6. The van der Waals surface area contributed by atoms with Gasteiger partial charge < -0.3 is 9.64 Å². The third-order valence-electron chi connectivity index (χ3n) is 3.61. The maximum absolute atomic E-state index is 12.3. The van der Waals surface area contributed by atoms with Gasteiger partial charge in [-0.3, -0.25) is 0 Å². The molecule has 1 aromatic rings. The topological polar surface area (TPSA) is 70.4 Å². The van der Waals surface area contributed by atoms with Gasteiger partial charge in [-0.05, 0) is 50.2 Å². The fraction of sp³-hybridized carbons (Fsp3) is 0.533. The van der Waals surface area contributed by atoms with Crippen molar-refractivity contribution in [2.45, 2.75) is 24.2 Å². The van der Waals surface area contributed by atoms with Crippen LogP contribution in [0.2, 0.25) is 0 Å². The van der Waals surface area contributed by atoms with Crippen LogP contribution in [0.4, 0.5) is 0 Å². The van der Waals surface area contributed by atoms with Crippen molar-refractivity contribution in [1.82, 2.24) is 4.90 Å². The summed E-state index contributed by atoms with van der Waals surface area (Å²) in [5.41, 5.74) is 0. The average molecular weight is 308 g/mol. The van der Waals surface area contributed by atoms with E-state index in [4.69, 9.17) is 10.00 Å². The summed E-state index contributed by atoms with van der Waals surface area (Å²) in [6.45, 7) is 2.54. The minimum atomic E-state index is -3.26. The Morgan fingerprint density at radius 3 is 2.43 bits per heavy atom. The van der Waals surface area contributed by atoms with Crippen LogP contribution in [0.1, 0.15) is 19.3 Å². The molecule has 5 nitrogen and oxygen atoms in total. The molecule has 21 heavy (non-hydrogen) atoms. The Bertz CT molecular complexity index is 584. The highest BCUT2D eigenvalue weighted by Crippen LogP contribution is 2.18. The highest BCUT2D eigenvalue weighted by atomic mass is 32.2. The summed E-state index contributed by atoms with van der Waals surface area (Å²) < 4.78 is 29.7. The first-order valence-electron chi connectivity index (χ1n) is 7.17. The molecule has 0 saturated carbocycles. The summed E-state index contributed by atoms with van der Waals surface area (Å²) in [5, 5.41) is 8.43. The van der Waals surface area contributed by atoms with Gasteiger partial charge in [-0.15, -0.1) is 0 Å². The van der Waals surface area contributed by atoms with Crippen LogP contribution in [-0.4, -0.2) is 45.3 Å². The maximum Gasteiger partial charge on any atom is 0.179 e. The third-order valence-corrected chi connectivity index (χ3v) is 5.32. The molecule has 0 bridgehead atoms. The molecule has 2 rings (SSSR count). The first kappa shape index (κ1) is 15.8. The molecule has 1 heterocycles. The molecule has 0 amide bonds. The van der Waals surface area contributed by atoms with Gasteiger partial charge in [0, 0.05) is 6.54 Å². The van der Waals surface area contributed by atoms with E-state index in [9.17, 15) is 8.42 Å². The monoisotopic (exact) mass is 308 g/mol. The second-order valence-corrected chi connectivity index (χ2v) is 7.25. The van der Waals surface area contributed by atoms with Crippen molar-refractivity contribution in [3.05, 3.63) is 24.3 Å². The molecule has 114 valence electrons. The average Bonchev–Trinajstić information content (AvgIpc) is 2.52. The second-order valence-electron chi connectivity index (χ2n) is 5.14. The van der Waals surface area contributed by atoms with E-state index < -0.39 is 9.84 Å². The molecule has 0 N–H and O–H groups in total. The van der Waals surface area contributed by atoms with Crippen LogP contribution in [-0.2, 0) is 9.84 Å². The lowest BCUT2D eigenvalue weighted by atomic mass is 10.1. The third kappa shape index (κ3) is 4.73. The van der Waals surface area contributed by atoms with Gasteiger partial charge in [-0.25, -0.2) is 8.42 Å². The van der Waals surface area contributed by atoms with Crippen molar-refractivity contribution in [1.29, 1.82) is 5.26 Å². The highest BCUT2D eigenvalue weighted by Gasteiger charge is 2.17. The summed E-state index contributed by atoms with van der Waals surface area (Å²) >= 11 is 0. The van der Waals surface area contributed by atoms with Crippen LogP contribution in [0.3, 0.4) is 0 Å². The Morgan fingerprint density at radius 2 is 1.81 bits per heavy atom. The van der Waals surface area contributed by atoms with E-state index in [1.54, 1.807) is 12.1 Å². The minimum Gasteiger partial charge on any atom is -0.479 e. The Hall–Kier alpha value is -1.58. The zero-order valence-corrected chi connectivity index (χ0v) is 12.8. The van der Waals surface area contributed by atoms with Crippen molar-refractivity contribution in [3.63, 3.8) is 0 Å². The maximum atomic E-state index is 12.3. The number of nitrogens with zero attached hydrogens (tertiary/aromatic N) is 2. The first-order valence-corrected chi connectivity index (χ1v) is 8.82. The molecular formula is C15H20N2O3S. The molecule has 0 spiro atoms. The summed E-state index contributed by atoms with van der Waals surface area (Å²) in [6.07, 6.45) is 3.56.